The Kier molecular flexibility index (Phi) is 4.65. The van der Waals surface area contributed by atoms with Crippen molar-refractivity contribution in [3.8, 4) is 0 Å². The fraction of sp³-hybridized carbons (Fsp3) is 0.364. The smallest absolute Gasteiger partial charge is 0.321 e. The van der Waals surface area contributed by atoms with Crippen LogP contribution in [0.25, 0.3) is 0 Å². The third-order valence-corrected chi connectivity index (χ3v) is 3.71. The second-order valence-electron chi connectivity index (χ2n) is 3.61. The SMILES string of the molecule is CCC[C@@H](NS(=O)(=O)c1ccccc1)C(=O)O. The Morgan fingerprint density at radius 2 is 1.94 bits per heavy atom. The van der Waals surface area contributed by atoms with Gasteiger partial charge >= 0.3 is 5.97 Å². The van der Waals surface area contributed by atoms with E-state index in [2.05, 4.69) is 4.72 Å². The molecule has 0 saturated carbocycles. The minimum Gasteiger partial charge on any atom is -0.480 e. The van der Waals surface area contributed by atoms with Gasteiger partial charge in [-0.15, -0.1) is 0 Å². The van der Waals surface area contributed by atoms with Crippen molar-refractivity contribution in [1.82, 2.24) is 4.72 Å². The van der Waals surface area contributed by atoms with E-state index in [1.54, 1.807) is 25.1 Å². The highest BCUT2D eigenvalue weighted by Gasteiger charge is 2.24. The molecule has 0 radical (unpaired) electrons. The molecule has 0 aromatic heterocycles. The summed E-state index contributed by atoms with van der Waals surface area (Å²) < 4.78 is 25.9. The Balaban J connectivity index is 2.89. The van der Waals surface area contributed by atoms with E-state index in [0.717, 1.165) is 0 Å². The fourth-order valence-corrected chi connectivity index (χ4v) is 2.62. The van der Waals surface area contributed by atoms with Gasteiger partial charge in [0, 0.05) is 0 Å². The van der Waals surface area contributed by atoms with Crippen LogP contribution in [0.5, 0.6) is 0 Å². The van der Waals surface area contributed by atoms with Crippen LogP contribution in [-0.4, -0.2) is 25.5 Å². The zero-order valence-electron chi connectivity index (χ0n) is 9.46. The van der Waals surface area contributed by atoms with Crippen molar-refractivity contribution in [2.24, 2.45) is 0 Å². The molecule has 0 spiro atoms. The highest BCUT2D eigenvalue weighted by Crippen LogP contribution is 2.09. The number of carboxylic acids is 1. The van der Waals surface area contributed by atoms with Crippen molar-refractivity contribution in [2.45, 2.75) is 30.7 Å². The maximum atomic E-state index is 11.8. The topological polar surface area (TPSA) is 83.5 Å². The molecule has 0 aliphatic carbocycles. The predicted molar refractivity (Wildman–Crippen MR) is 63.1 cm³/mol. The van der Waals surface area contributed by atoms with Crippen LogP contribution in [0.4, 0.5) is 0 Å². The van der Waals surface area contributed by atoms with Gasteiger partial charge in [0.15, 0.2) is 0 Å². The summed E-state index contributed by atoms with van der Waals surface area (Å²) in [5, 5.41) is 8.89. The van der Waals surface area contributed by atoms with E-state index in [9.17, 15) is 13.2 Å². The molecule has 94 valence electrons. The molecule has 0 bridgehead atoms. The van der Waals surface area contributed by atoms with E-state index in [1.807, 2.05) is 0 Å². The van der Waals surface area contributed by atoms with Crippen LogP contribution >= 0.6 is 0 Å². The van der Waals surface area contributed by atoms with Crippen LogP contribution in [0, 0.1) is 0 Å². The van der Waals surface area contributed by atoms with Crippen molar-refractivity contribution >= 4 is 16.0 Å². The molecule has 2 N–H and O–H groups in total. The average molecular weight is 257 g/mol. The number of carbonyl (C=O) groups is 1. The summed E-state index contributed by atoms with van der Waals surface area (Å²) in [6.07, 6.45) is 0.857. The molecular formula is C11H15NO4S. The number of carboxylic acid groups (broad SMARTS) is 1. The van der Waals surface area contributed by atoms with Gasteiger partial charge in [-0.3, -0.25) is 4.79 Å². The van der Waals surface area contributed by atoms with Gasteiger partial charge in [0.05, 0.1) is 4.90 Å². The lowest BCUT2D eigenvalue weighted by atomic mass is 10.2. The number of nitrogens with one attached hydrogen (secondary N) is 1. The normalized spacial score (nSPS) is 13.2. The molecule has 1 aromatic carbocycles. The van der Waals surface area contributed by atoms with E-state index >= 15 is 0 Å². The number of rotatable bonds is 6. The van der Waals surface area contributed by atoms with E-state index < -0.39 is 22.0 Å². The monoisotopic (exact) mass is 257 g/mol. The van der Waals surface area contributed by atoms with Crippen LogP contribution in [0.3, 0.4) is 0 Å². The lowest BCUT2D eigenvalue weighted by Gasteiger charge is -2.13. The predicted octanol–water partition coefficient (Wildman–Crippen LogP) is 1.22. The molecule has 5 nitrogen and oxygen atoms in total. The van der Waals surface area contributed by atoms with Crippen LogP contribution in [0.15, 0.2) is 35.2 Å². The molecule has 17 heavy (non-hydrogen) atoms. The summed E-state index contributed by atoms with van der Waals surface area (Å²) in [5.74, 6) is -1.16. The lowest BCUT2D eigenvalue weighted by molar-refractivity contribution is -0.139. The van der Waals surface area contributed by atoms with Crippen molar-refractivity contribution in [3.05, 3.63) is 30.3 Å². The fourth-order valence-electron chi connectivity index (χ4n) is 1.38. The molecule has 6 heteroatoms. The Labute approximate surface area is 101 Å². The number of hydrogen-bond donors (Lipinski definition) is 2. The molecule has 1 atom stereocenters. The second-order valence-corrected chi connectivity index (χ2v) is 5.33. The minimum atomic E-state index is -3.76. The third kappa shape index (κ3) is 3.83. The Morgan fingerprint density at radius 3 is 2.41 bits per heavy atom. The Bertz CT molecular complexity index is 470. The highest BCUT2D eigenvalue weighted by molar-refractivity contribution is 7.89. The first kappa shape index (κ1) is 13.7. The number of aliphatic carboxylic acids is 1. The van der Waals surface area contributed by atoms with Gasteiger partial charge in [0.25, 0.3) is 0 Å². The molecule has 0 unspecified atom stereocenters. The molecule has 0 aliphatic heterocycles. The molecule has 0 saturated heterocycles. The molecule has 1 aromatic rings. The first-order valence-electron chi connectivity index (χ1n) is 5.27. The van der Waals surface area contributed by atoms with Gasteiger partial charge in [-0.1, -0.05) is 31.5 Å². The first-order chi connectivity index (χ1) is 7.97. The standard InChI is InChI=1S/C11H15NO4S/c1-2-6-10(11(13)14)12-17(15,16)9-7-4-3-5-8-9/h3-5,7-8,10,12H,2,6H2,1H3,(H,13,14)/t10-/m1/s1. The second kappa shape index (κ2) is 5.79. The summed E-state index contributed by atoms with van der Waals surface area (Å²) in [5.41, 5.74) is 0. The van der Waals surface area contributed by atoms with E-state index in [1.165, 1.54) is 12.1 Å². The van der Waals surface area contributed by atoms with Gasteiger partial charge in [0.2, 0.25) is 10.0 Å². The van der Waals surface area contributed by atoms with E-state index in [4.69, 9.17) is 5.11 Å². The summed E-state index contributed by atoms with van der Waals surface area (Å²) in [6, 6.07) is 6.64. The van der Waals surface area contributed by atoms with Gasteiger partial charge in [-0.2, -0.15) is 4.72 Å². The number of hydrogen-bond acceptors (Lipinski definition) is 3. The van der Waals surface area contributed by atoms with Crippen molar-refractivity contribution in [1.29, 1.82) is 0 Å². The summed E-state index contributed by atoms with van der Waals surface area (Å²) in [7, 11) is -3.76. The third-order valence-electron chi connectivity index (χ3n) is 2.23. The van der Waals surface area contributed by atoms with Gasteiger partial charge < -0.3 is 5.11 Å². The largest absolute Gasteiger partial charge is 0.480 e. The maximum Gasteiger partial charge on any atom is 0.321 e. The van der Waals surface area contributed by atoms with E-state index in [0.29, 0.717) is 6.42 Å². The van der Waals surface area contributed by atoms with Crippen molar-refractivity contribution < 1.29 is 18.3 Å². The van der Waals surface area contributed by atoms with Gasteiger partial charge in [-0.05, 0) is 18.6 Å². The van der Waals surface area contributed by atoms with Crippen LogP contribution < -0.4 is 4.72 Å². The number of benzene rings is 1. The molecule has 0 amide bonds. The molecule has 1 rings (SSSR count). The number of sulfonamides is 1. The summed E-state index contributed by atoms with van der Waals surface area (Å²) in [6.45, 7) is 1.80. The molecular weight excluding hydrogens is 242 g/mol. The zero-order valence-corrected chi connectivity index (χ0v) is 10.3. The first-order valence-corrected chi connectivity index (χ1v) is 6.76. The van der Waals surface area contributed by atoms with Crippen molar-refractivity contribution in [2.75, 3.05) is 0 Å². The average Bonchev–Trinajstić information content (AvgIpc) is 2.29. The maximum absolute atomic E-state index is 11.8. The van der Waals surface area contributed by atoms with Crippen LogP contribution in [0.1, 0.15) is 19.8 Å². The van der Waals surface area contributed by atoms with Gasteiger partial charge in [-0.25, -0.2) is 8.42 Å². The quantitative estimate of drug-likeness (QED) is 0.802. The van der Waals surface area contributed by atoms with Crippen LogP contribution in [0.2, 0.25) is 0 Å². The van der Waals surface area contributed by atoms with Gasteiger partial charge in [0.1, 0.15) is 6.04 Å². The lowest BCUT2D eigenvalue weighted by Crippen LogP contribution is -2.40. The zero-order chi connectivity index (χ0) is 12.9. The highest BCUT2D eigenvalue weighted by atomic mass is 32.2. The van der Waals surface area contributed by atoms with Crippen molar-refractivity contribution in [3.63, 3.8) is 0 Å². The molecule has 0 heterocycles. The molecule has 0 aliphatic rings. The summed E-state index contributed by atoms with van der Waals surface area (Å²) >= 11 is 0. The Hall–Kier alpha value is -1.40. The minimum absolute atomic E-state index is 0.0716. The Morgan fingerprint density at radius 1 is 1.35 bits per heavy atom. The van der Waals surface area contributed by atoms with E-state index in [-0.39, 0.29) is 11.3 Å². The summed E-state index contributed by atoms with van der Waals surface area (Å²) in [4.78, 5) is 10.9. The molecule has 0 fully saturated rings. The van der Waals surface area contributed by atoms with Crippen LogP contribution in [-0.2, 0) is 14.8 Å².